The van der Waals surface area contributed by atoms with E-state index in [1.165, 1.54) is 11.1 Å². The number of hydrogen-bond donors (Lipinski definition) is 2. The van der Waals surface area contributed by atoms with Crippen LogP contribution in [0.15, 0.2) is 24.3 Å². The SMILES string of the molecule is Cc1cc(C)cc(-c2cc(NC(=O)CCOC3CCOCC3)n[nH]2)c1. The van der Waals surface area contributed by atoms with Gasteiger partial charge in [0, 0.05) is 24.8 Å². The molecule has 0 saturated carbocycles. The van der Waals surface area contributed by atoms with Crippen molar-refractivity contribution in [2.75, 3.05) is 25.1 Å². The molecule has 1 aromatic carbocycles. The van der Waals surface area contributed by atoms with Gasteiger partial charge in [0.2, 0.25) is 5.91 Å². The first-order valence-corrected chi connectivity index (χ1v) is 8.73. The minimum atomic E-state index is -0.0921. The summed E-state index contributed by atoms with van der Waals surface area (Å²) in [5.74, 6) is 0.441. The molecule has 0 spiro atoms. The van der Waals surface area contributed by atoms with Gasteiger partial charge in [0.05, 0.1) is 24.8 Å². The summed E-state index contributed by atoms with van der Waals surface area (Å²) in [6, 6.07) is 8.16. The van der Waals surface area contributed by atoms with Crippen molar-refractivity contribution in [2.24, 2.45) is 0 Å². The fraction of sp³-hybridized carbons (Fsp3) is 0.474. The number of anilines is 1. The highest BCUT2D eigenvalue weighted by molar-refractivity contribution is 5.90. The summed E-state index contributed by atoms with van der Waals surface area (Å²) in [5, 5.41) is 9.97. The zero-order chi connectivity index (χ0) is 17.6. The van der Waals surface area contributed by atoms with E-state index in [1.54, 1.807) is 0 Å². The minimum absolute atomic E-state index is 0.0921. The second-order valence-corrected chi connectivity index (χ2v) is 6.52. The van der Waals surface area contributed by atoms with E-state index >= 15 is 0 Å². The van der Waals surface area contributed by atoms with Crippen LogP contribution in [0.5, 0.6) is 0 Å². The van der Waals surface area contributed by atoms with Crippen molar-refractivity contribution < 1.29 is 14.3 Å². The second-order valence-electron chi connectivity index (χ2n) is 6.52. The summed E-state index contributed by atoms with van der Waals surface area (Å²) < 4.78 is 11.0. The Bertz CT molecular complexity index is 700. The predicted octanol–water partition coefficient (Wildman–Crippen LogP) is 3.22. The number of rotatable bonds is 6. The Morgan fingerprint density at radius 1 is 1.24 bits per heavy atom. The van der Waals surface area contributed by atoms with Crippen LogP contribution >= 0.6 is 0 Å². The Kier molecular flexibility index (Phi) is 5.83. The Morgan fingerprint density at radius 3 is 2.68 bits per heavy atom. The van der Waals surface area contributed by atoms with Crippen molar-refractivity contribution >= 4 is 11.7 Å². The normalized spacial score (nSPS) is 15.3. The van der Waals surface area contributed by atoms with Crippen LogP contribution in [0.25, 0.3) is 11.3 Å². The van der Waals surface area contributed by atoms with E-state index in [1.807, 2.05) is 6.07 Å². The fourth-order valence-corrected chi connectivity index (χ4v) is 3.03. The molecule has 134 valence electrons. The average molecular weight is 343 g/mol. The molecule has 3 rings (SSSR count). The molecule has 1 aliphatic heterocycles. The van der Waals surface area contributed by atoms with E-state index in [-0.39, 0.29) is 12.0 Å². The number of aromatic amines is 1. The molecule has 0 bridgehead atoms. The Hall–Kier alpha value is -2.18. The molecule has 2 N–H and O–H groups in total. The fourth-order valence-electron chi connectivity index (χ4n) is 3.03. The molecule has 25 heavy (non-hydrogen) atoms. The zero-order valence-corrected chi connectivity index (χ0v) is 14.8. The lowest BCUT2D eigenvalue weighted by Crippen LogP contribution is -2.25. The number of benzene rings is 1. The van der Waals surface area contributed by atoms with Crippen molar-refractivity contribution in [1.82, 2.24) is 10.2 Å². The number of ether oxygens (including phenoxy) is 2. The molecule has 1 aliphatic rings. The van der Waals surface area contributed by atoms with Gasteiger partial charge >= 0.3 is 0 Å². The second kappa shape index (κ2) is 8.27. The molecule has 1 aromatic heterocycles. The minimum Gasteiger partial charge on any atom is -0.381 e. The van der Waals surface area contributed by atoms with Gasteiger partial charge in [0.15, 0.2) is 5.82 Å². The molecule has 0 radical (unpaired) electrons. The number of nitrogens with zero attached hydrogens (tertiary/aromatic N) is 1. The van der Waals surface area contributed by atoms with Crippen LogP contribution < -0.4 is 5.32 Å². The van der Waals surface area contributed by atoms with Crippen molar-refractivity contribution in [1.29, 1.82) is 0 Å². The van der Waals surface area contributed by atoms with Crippen molar-refractivity contribution in [3.05, 3.63) is 35.4 Å². The highest BCUT2D eigenvalue weighted by atomic mass is 16.5. The number of carbonyl (C=O) groups is 1. The molecule has 1 saturated heterocycles. The Morgan fingerprint density at radius 2 is 1.96 bits per heavy atom. The summed E-state index contributed by atoms with van der Waals surface area (Å²) in [6.07, 6.45) is 2.34. The standard InChI is InChI=1S/C19H25N3O3/c1-13-9-14(2)11-15(10-13)17-12-18(22-21-17)20-19(23)5-8-25-16-3-6-24-7-4-16/h9-12,16H,3-8H2,1-2H3,(H2,20,21,22,23). The smallest absolute Gasteiger partial charge is 0.227 e. The molecule has 0 atom stereocenters. The molecule has 0 unspecified atom stereocenters. The number of nitrogens with one attached hydrogen (secondary N) is 2. The van der Waals surface area contributed by atoms with E-state index in [2.05, 4.69) is 47.6 Å². The van der Waals surface area contributed by atoms with Crippen LogP contribution in [0, 0.1) is 13.8 Å². The molecule has 6 heteroatoms. The average Bonchev–Trinajstić information content (AvgIpc) is 3.03. The molecular weight excluding hydrogens is 318 g/mol. The van der Waals surface area contributed by atoms with E-state index in [0.717, 1.165) is 37.3 Å². The Balaban J connectivity index is 1.49. The molecule has 2 heterocycles. The van der Waals surface area contributed by atoms with Gasteiger partial charge in [-0.2, -0.15) is 5.10 Å². The van der Waals surface area contributed by atoms with Gasteiger partial charge in [-0.25, -0.2) is 0 Å². The van der Waals surface area contributed by atoms with Crippen LogP contribution in [0.1, 0.15) is 30.4 Å². The van der Waals surface area contributed by atoms with Gasteiger partial charge in [-0.1, -0.05) is 17.2 Å². The van der Waals surface area contributed by atoms with Gasteiger partial charge in [-0.05, 0) is 38.8 Å². The van der Waals surface area contributed by atoms with E-state index in [4.69, 9.17) is 9.47 Å². The lowest BCUT2D eigenvalue weighted by molar-refractivity contribution is -0.118. The summed E-state index contributed by atoms with van der Waals surface area (Å²) in [6.45, 7) is 6.03. The maximum Gasteiger partial charge on any atom is 0.227 e. The number of aryl methyl sites for hydroxylation is 2. The summed E-state index contributed by atoms with van der Waals surface area (Å²) in [4.78, 5) is 12.0. The van der Waals surface area contributed by atoms with Gasteiger partial charge < -0.3 is 14.8 Å². The van der Waals surface area contributed by atoms with E-state index in [0.29, 0.717) is 18.8 Å². The molecule has 6 nitrogen and oxygen atoms in total. The van der Waals surface area contributed by atoms with Crippen LogP contribution in [-0.2, 0) is 14.3 Å². The van der Waals surface area contributed by atoms with Crippen LogP contribution in [0.3, 0.4) is 0 Å². The molecule has 2 aromatic rings. The lowest BCUT2D eigenvalue weighted by atomic mass is 10.1. The monoisotopic (exact) mass is 343 g/mol. The van der Waals surface area contributed by atoms with Gasteiger partial charge in [-0.15, -0.1) is 0 Å². The summed E-state index contributed by atoms with van der Waals surface area (Å²) in [5.41, 5.74) is 4.34. The Labute approximate surface area is 147 Å². The third-order valence-corrected chi connectivity index (χ3v) is 4.23. The number of amides is 1. The summed E-state index contributed by atoms with van der Waals surface area (Å²) >= 11 is 0. The quantitative estimate of drug-likeness (QED) is 0.844. The number of carbonyl (C=O) groups excluding carboxylic acids is 1. The first kappa shape index (κ1) is 17.6. The maximum atomic E-state index is 12.0. The maximum absolute atomic E-state index is 12.0. The lowest BCUT2D eigenvalue weighted by Gasteiger charge is -2.22. The van der Waals surface area contributed by atoms with Crippen LogP contribution in [0.4, 0.5) is 5.82 Å². The molecule has 0 aliphatic carbocycles. The number of H-pyrrole nitrogens is 1. The number of hydrogen-bond acceptors (Lipinski definition) is 4. The van der Waals surface area contributed by atoms with Gasteiger partial charge in [0.1, 0.15) is 0 Å². The van der Waals surface area contributed by atoms with E-state index < -0.39 is 0 Å². The van der Waals surface area contributed by atoms with Gasteiger partial charge in [-0.3, -0.25) is 9.89 Å². The highest BCUT2D eigenvalue weighted by Crippen LogP contribution is 2.22. The zero-order valence-electron chi connectivity index (χ0n) is 14.8. The largest absolute Gasteiger partial charge is 0.381 e. The molecule has 1 amide bonds. The predicted molar refractivity (Wildman–Crippen MR) is 96.5 cm³/mol. The molecular formula is C19H25N3O3. The van der Waals surface area contributed by atoms with Gasteiger partial charge in [0.25, 0.3) is 0 Å². The third kappa shape index (κ3) is 5.14. The first-order chi connectivity index (χ1) is 12.1. The third-order valence-electron chi connectivity index (χ3n) is 4.23. The van der Waals surface area contributed by atoms with Crippen molar-refractivity contribution in [3.8, 4) is 11.3 Å². The first-order valence-electron chi connectivity index (χ1n) is 8.73. The van der Waals surface area contributed by atoms with Crippen molar-refractivity contribution in [3.63, 3.8) is 0 Å². The van der Waals surface area contributed by atoms with Crippen LogP contribution in [-0.4, -0.2) is 42.0 Å². The van der Waals surface area contributed by atoms with Crippen LogP contribution in [0.2, 0.25) is 0 Å². The topological polar surface area (TPSA) is 76.2 Å². The number of aromatic nitrogens is 2. The molecule has 1 fully saturated rings. The summed E-state index contributed by atoms with van der Waals surface area (Å²) in [7, 11) is 0. The van der Waals surface area contributed by atoms with Crippen molar-refractivity contribution in [2.45, 2.75) is 39.2 Å². The van der Waals surface area contributed by atoms with E-state index in [9.17, 15) is 4.79 Å². The highest BCUT2D eigenvalue weighted by Gasteiger charge is 2.15.